The highest BCUT2D eigenvalue weighted by molar-refractivity contribution is 5.80. The number of likely N-dealkylation sites (tertiary alicyclic amines) is 1. The fourth-order valence-electron chi connectivity index (χ4n) is 3.26. The molecule has 0 aromatic rings. The van der Waals surface area contributed by atoms with Crippen molar-refractivity contribution in [3.05, 3.63) is 0 Å². The molecule has 2 rings (SSSR count). The first-order valence-electron chi connectivity index (χ1n) is 6.65. The molecule has 1 saturated carbocycles. The number of amides is 1. The maximum Gasteiger partial charge on any atom is 0.226 e. The summed E-state index contributed by atoms with van der Waals surface area (Å²) in [6, 6.07) is 0.423. The standard InChI is InChI=1S/C13H24N2O/c1-9-6-7-15(10(9)2)13(16)12-5-3-4-11(12)8-14/h9-12H,3-8,14H2,1-2H3/t9?,10?,11-,12-/m1/s1. The van der Waals surface area contributed by atoms with Gasteiger partial charge in [0, 0.05) is 18.5 Å². The topological polar surface area (TPSA) is 46.3 Å². The third-order valence-electron chi connectivity index (χ3n) is 4.70. The first-order chi connectivity index (χ1) is 7.65. The molecule has 0 radical (unpaired) electrons. The molecule has 92 valence electrons. The highest BCUT2D eigenvalue weighted by atomic mass is 16.2. The Kier molecular flexibility index (Phi) is 3.53. The first-order valence-corrected chi connectivity index (χ1v) is 6.65. The van der Waals surface area contributed by atoms with Crippen LogP contribution in [0.25, 0.3) is 0 Å². The number of nitrogens with two attached hydrogens (primary N) is 1. The zero-order valence-corrected chi connectivity index (χ0v) is 10.5. The molecule has 1 saturated heterocycles. The van der Waals surface area contributed by atoms with Gasteiger partial charge in [-0.15, -0.1) is 0 Å². The summed E-state index contributed by atoms with van der Waals surface area (Å²) in [5.74, 6) is 1.69. The summed E-state index contributed by atoms with van der Waals surface area (Å²) in [5.41, 5.74) is 5.75. The van der Waals surface area contributed by atoms with Gasteiger partial charge in [0.05, 0.1) is 0 Å². The zero-order chi connectivity index (χ0) is 11.7. The summed E-state index contributed by atoms with van der Waals surface area (Å²) in [5, 5.41) is 0. The molecule has 0 spiro atoms. The van der Waals surface area contributed by atoms with Crippen LogP contribution in [0.2, 0.25) is 0 Å². The fourth-order valence-corrected chi connectivity index (χ4v) is 3.26. The summed E-state index contributed by atoms with van der Waals surface area (Å²) in [6.45, 7) is 6.05. The lowest BCUT2D eigenvalue weighted by atomic mass is 9.94. The van der Waals surface area contributed by atoms with Crippen molar-refractivity contribution in [2.24, 2.45) is 23.5 Å². The van der Waals surface area contributed by atoms with E-state index in [2.05, 4.69) is 18.7 Å². The van der Waals surface area contributed by atoms with E-state index in [0.29, 0.717) is 30.3 Å². The lowest BCUT2D eigenvalue weighted by Crippen LogP contribution is -2.41. The molecule has 2 N–H and O–H groups in total. The Balaban J connectivity index is 2.02. The van der Waals surface area contributed by atoms with Crippen molar-refractivity contribution < 1.29 is 4.79 Å². The molecule has 0 aromatic carbocycles. The Morgan fingerprint density at radius 3 is 2.62 bits per heavy atom. The molecule has 16 heavy (non-hydrogen) atoms. The van der Waals surface area contributed by atoms with Gasteiger partial charge in [0.25, 0.3) is 0 Å². The van der Waals surface area contributed by atoms with Gasteiger partial charge < -0.3 is 10.6 Å². The number of nitrogens with zero attached hydrogens (tertiary/aromatic N) is 1. The molecule has 1 heterocycles. The van der Waals surface area contributed by atoms with Gasteiger partial charge in [0.1, 0.15) is 0 Å². The molecule has 1 aliphatic carbocycles. The van der Waals surface area contributed by atoms with Crippen LogP contribution in [-0.4, -0.2) is 29.9 Å². The summed E-state index contributed by atoms with van der Waals surface area (Å²) in [7, 11) is 0. The second kappa shape index (κ2) is 4.74. The van der Waals surface area contributed by atoms with Gasteiger partial charge in [0.15, 0.2) is 0 Å². The zero-order valence-electron chi connectivity index (χ0n) is 10.5. The Hall–Kier alpha value is -0.570. The van der Waals surface area contributed by atoms with Crippen LogP contribution in [0.3, 0.4) is 0 Å². The lowest BCUT2D eigenvalue weighted by Gasteiger charge is -2.28. The van der Waals surface area contributed by atoms with Gasteiger partial charge in [-0.2, -0.15) is 0 Å². The second-order valence-corrected chi connectivity index (χ2v) is 5.57. The second-order valence-electron chi connectivity index (χ2n) is 5.57. The minimum absolute atomic E-state index is 0.220. The fraction of sp³-hybridized carbons (Fsp3) is 0.923. The van der Waals surface area contributed by atoms with Gasteiger partial charge in [0.2, 0.25) is 5.91 Å². The SMILES string of the molecule is CC1CCN(C(=O)[C@@H]2CCC[C@@H]2CN)C1C. The number of carbonyl (C=O) groups excluding carboxylic acids is 1. The molecule has 2 fully saturated rings. The average Bonchev–Trinajstić information content (AvgIpc) is 2.86. The minimum Gasteiger partial charge on any atom is -0.339 e. The van der Waals surface area contributed by atoms with Crippen molar-refractivity contribution in [3.63, 3.8) is 0 Å². The average molecular weight is 224 g/mol. The molecule has 3 nitrogen and oxygen atoms in total. The van der Waals surface area contributed by atoms with E-state index in [0.717, 1.165) is 25.8 Å². The molecule has 2 aliphatic rings. The van der Waals surface area contributed by atoms with Crippen LogP contribution in [0, 0.1) is 17.8 Å². The molecule has 4 atom stereocenters. The van der Waals surface area contributed by atoms with E-state index in [-0.39, 0.29) is 5.92 Å². The first kappa shape index (κ1) is 11.9. The maximum atomic E-state index is 12.4. The van der Waals surface area contributed by atoms with E-state index in [4.69, 9.17) is 5.73 Å². The molecule has 2 unspecified atom stereocenters. The number of hydrogen-bond donors (Lipinski definition) is 1. The van der Waals surface area contributed by atoms with E-state index in [9.17, 15) is 4.79 Å². The van der Waals surface area contributed by atoms with Crippen molar-refractivity contribution >= 4 is 5.91 Å². The van der Waals surface area contributed by atoms with Gasteiger partial charge >= 0.3 is 0 Å². The van der Waals surface area contributed by atoms with Gasteiger partial charge in [-0.05, 0) is 44.6 Å². The largest absolute Gasteiger partial charge is 0.339 e. The molecule has 1 amide bonds. The molecule has 0 bridgehead atoms. The van der Waals surface area contributed by atoms with E-state index >= 15 is 0 Å². The van der Waals surface area contributed by atoms with Gasteiger partial charge in [-0.25, -0.2) is 0 Å². The Morgan fingerprint density at radius 1 is 1.31 bits per heavy atom. The van der Waals surface area contributed by atoms with Crippen LogP contribution in [0.5, 0.6) is 0 Å². The Morgan fingerprint density at radius 2 is 2.06 bits per heavy atom. The van der Waals surface area contributed by atoms with Crippen LogP contribution in [-0.2, 0) is 4.79 Å². The molecule has 3 heteroatoms. The lowest BCUT2D eigenvalue weighted by molar-refractivity contribution is -0.137. The van der Waals surface area contributed by atoms with Crippen molar-refractivity contribution in [2.45, 2.75) is 45.6 Å². The third kappa shape index (κ3) is 1.97. The van der Waals surface area contributed by atoms with Crippen LogP contribution in [0.4, 0.5) is 0 Å². The predicted octanol–water partition coefficient (Wildman–Crippen LogP) is 1.62. The summed E-state index contributed by atoms with van der Waals surface area (Å²) in [4.78, 5) is 14.5. The quantitative estimate of drug-likeness (QED) is 0.774. The molecule has 0 aromatic heterocycles. The normalized spacial score (nSPS) is 39.3. The summed E-state index contributed by atoms with van der Waals surface area (Å²) < 4.78 is 0. The summed E-state index contributed by atoms with van der Waals surface area (Å²) in [6.07, 6.45) is 4.53. The van der Waals surface area contributed by atoms with Gasteiger partial charge in [-0.1, -0.05) is 13.3 Å². The third-order valence-corrected chi connectivity index (χ3v) is 4.70. The number of hydrogen-bond acceptors (Lipinski definition) is 2. The van der Waals surface area contributed by atoms with E-state index in [1.807, 2.05) is 0 Å². The summed E-state index contributed by atoms with van der Waals surface area (Å²) >= 11 is 0. The molecular weight excluding hydrogens is 200 g/mol. The Bertz CT molecular complexity index is 261. The predicted molar refractivity (Wildman–Crippen MR) is 64.8 cm³/mol. The van der Waals surface area contributed by atoms with E-state index in [1.54, 1.807) is 0 Å². The van der Waals surface area contributed by atoms with Crippen molar-refractivity contribution in [1.82, 2.24) is 4.90 Å². The van der Waals surface area contributed by atoms with Crippen molar-refractivity contribution in [1.29, 1.82) is 0 Å². The number of carbonyl (C=O) groups is 1. The van der Waals surface area contributed by atoms with Crippen molar-refractivity contribution in [2.75, 3.05) is 13.1 Å². The maximum absolute atomic E-state index is 12.4. The van der Waals surface area contributed by atoms with Crippen LogP contribution in [0.15, 0.2) is 0 Å². The van der Waals surface area contributed by atoms with Gasteiger partial charge in [-0.3, -0.25) is 4.79 Å². The Labute approximate surface area is 98.4 Å². The van der Waals surface area contributed by atoms with Crippen LogP contribution < -0.4 is 5.73 Å². The van der Waals surface area contributed by atoms with Crippen LogP contribution in [0.1, 0.15) is 39.5 Å². The van der Waals surface area contributed by atoms with Crippen LogP contribution >= 0.6 is 0 Å². The monoisotopic (exact) mass is 224 g/mol. The van der Waals surface area contributed by atoms with E-state index < -0.39 is 0 Å². The molecular formula is C13H24N2O. The molecule has 1 aliphatic heterocycles. The highest BCUT2D eigenvalue weighted by Crippen LogP contribution is 2.35. The smallest absolute Gasteiger partial charge is 0.226 e. The minimum atomic E-state index is 0.220. The van der Waals surface area contributed by atoms with E-state index in [1.165, 1.54) is 6.42 Å². The highest BCUT2D eigenvalue weighted by Gasteiger charge is 2.39. The van der Waals surface area contributed by atoms with Crippen molar-refractivity contribution in [3.8, 4) is 0 Å². The number of rotatable bonds is 2.